The highest BCUT2D eigenvalue weighted by atomic mass is 16.6. The molecule has 1 aliphatic rings. The molecule has 0 spiro atoms. The van der Waals surface area contributed by atoms with E-state index in [-0.39, 0.29) is 12.1 Å². The molecule has 0 radical (unpaired) electrons. The van der Waals surface area contributed by atoms with Crippen molar-refractivity contribution in [3.63, 3.8) is 0 Å². The summed E-state index contributed by atoms with van der Waals surface area (Å²) in [5, 5.41) is 30.0. The Hall–Kier alpha value is -1.72. The second-order valence-electron chi connectivity index (χ2n) is 5.89. The predicted octanol–water partition coefficient (Wildman–Crippen LogP) is -1.83. The molecular formula is C14H24N4O6. The fourth-order valence-corrected chi connectivity index (χ4v) is 3.03. The number of aromatic amines is 1. The molecule has 1 aromatic heterocycles. The lowest BCUT2D eigenvalue weighted by Crippen LogP contribution is -2.52. The van der Waals surface area contributed by atoms with E-state index in [0.29, 0.717) is 6.42 Å². The maximum Gasteiger partial charge on any atom is 0.330 e. The number of hydrogen-bond donors (Lipinski definition) is 6. The van der Waals surface area contributed by atoms with Crippen LogP contribution in [0.15, 0.2) is 15.8 Å². The van der Waals surface area contributed by atoms with E-state index in [0.717, 1.165) is 23.6 Å². The summed E-state index contributed by atoms with van der Waals surface area (Å²) in [4.78, 5) is 26.0. The van der Waals surface area contributed by atoms with E-state index >= 15 is 0 Å². The van der Waals surface area contributed by atoms with E-state index in [1.54, 1.807) is 0 Å². The molecule has 0 amide bonds. The maximum absolute atomic E-state index is 12.3. The molecule has 0 aliphatic carbocycles. The highest BCUT2D eigenvalue weighted by Crippen LogP contribution is 2.39. The molecule has 136 valence electrons. The molecule has 0 aromatic carbocycles. The molecule has 7 N–H and O–H groups in total. The van der Waals surface area contributed by atoms with E-state index < -0.39 is 41.9 Å². The van der Waals surface area contributed by atoms with Crippen molar-refractivity contribution in [2.75, 3.05) is 12.0 Å². The Kier molecular flexibility index (Phi) is 5.78. The standard InChI is InChI=1S/C14H24N4O6/c1-2-3-4-5-14(11(21)10(20)9(7-19)24-14)18-6-8(17-15)12(22)16-13(18)23/h6,9-11,17,19-21H,2-5,7,15H2,1H3,(H,16,22,23)/t9-,10-,11-,14-/m1/s1. The normalized spacial score (nSPS) is 29.8. The molecule has 2 rings (SSSR count). The van der Waals surface area contributed by atoms with Crippen molar-refractivity contribution in [1.82, 2.24) is 9.55 Å². The number of nitrogens with one attached hydrogen (secondary N) is 2. The third-order valence-electron chi connectivity index (χ3n) is 4.35. The number of aromatic nitrogens is 2. The number of rotatable bonds is 7. The van der Waals surface area contributed by atoms with Gasteiger partial charge in [0.1, 0.15) is 24.0 Å². The number of nitrogens with two attached hydrogens (primary N) is 1. The quantitative estimate of drug-likeness (QED) is 0.191. The first-order chi connectivity index (χ1) is 11.4. The van der Waals surface area contributed by atoms with Crippen LogP contribution in [0.2, 0.25) is 0 Å². The van der Waals surface area contributed by atoms with Gasteiger partial charge in [-0.05, 0) is 12.8 Å². The van der Waals surface area contributed by atoms with Crippen LogP contribution in [0.1, 0.15) is 32.6 Å². The van der Waals surface area contributed by atoms with Crippen LogP contribution in [-0.4, -0.2) is 49.8 Å². The smallest absolute Gasteiger partial charge is 0.330 e. The number of anilines is 1. The monoisotopic (exact) mass is 344 g/mol. The van der Waals surface area contributed by atoms with Gasteiger partial charge in [0.2, 0.25) is 0 Å². The average Bonchev–Trinajstić information content (AvgIpc) is 2.81. The van der Waals surface area contributed by atoms with Crippen molar-refractivity contribution >= 4 is 5.69 Å². The first-order valence-corrected chi connectivity index (χ1v) is 7.89. The molecule has 4 atom stereocenters. The Bertz CT molecular complexity index is 674. The van der Waals surface area contributed by atoms with E-state index in [4.69, 9.17) is 10.6 Å². The van der Waals surface area contributed by atoms with Gasteiger partial charge in [-0.25, -0.2) is 4.79 Å². The van der Waals surface area contributed by atoms with Gasteiger partial charge in [-0.3, -0.25) is 20.2 Å². The Labute approximate surface area is 137 Å². The van der Waals surface area contributed by atoms with E-state index in [1.807, 2.05) is 6.92 Å². The molecule has 1 saturated heterocycles. The number of aliphatic hydroxyl groups excluding tert-OH is 3. The lowest BCUT2D eigenvalue weighted by molar-refractivity contribution is -0.156. The van der Waals surface area contributed by atoms with Crippen LogP contribution >= 0.6 is 0 Å². The van der Waals surface area contributed by atoms with Gasteiger partial charge in [-0.1, -0.05) is 19.8 Å². The fraction of sp³-hybridized carbons (Fsp3) is 0.714. The van der Waals surface area contributed by atoms with Gasteiger partial charge in [0.15, 0.2) is 5.72 Å². The molecular weight excluding hydrogens is 320 g/mol. The number of nitrogens with zero attached hydrogens (tertiary/aromatic N) is 1. The van der Waals surface area contributed by atoms with Crippen molar-refractivity contribution in [2.24, 2.45) is 5.84 Å². The summed E-state index contributed by atoms with van der Waals surface area (Å²) in [7, 11) is 0. The second-order valence-corrected chi connectivity index (χ2v) is 5.89. The summed E-state index contributed by atoms with van der Waals surface area (Å²) in [6.45, 7) is 1.47. The average molecular weight is 344 g/mol. The summed E-state index contributed by atoms with van der Waals surface area (Å²) in [6.07, 6.45) is -0.198. The minimum absolute atomic E-state index is 0.0952. The third kappa shape index (κ3) is 3.10. The lowest BCUT2D eigenvalue weighted by atomic mass is 9.96. The Morgan fingerprint density at radius 2 is 2.12 bits per heavy atom. The summed E-state index contributed by atoms with van der Waals surface area (Å²) >= 11 is 0. The van der Waals surface area contributed by atoms with Crippen LogP contribution in [-0.2, 0) is 10.5 Å². The van der Waals surface area contributed by atoms with Crippen LogP contribution < -0.4 is 22.5 Å². The summed E-state index contributed by atoms with van der Waals surface area (Å²) in [5.74, 6) is 5.27. The first-order valence-electron chi connectivity index (χ1n) is 7.89. The van der Waals surface area contributed by atoms with Crippen LogP contribution in [0.25, 0.3) is 0 Å². The topological polar surface area (TPSA) is 163 Å². The molecule has 10 heteroatoms. The number of ether oxygens (including phenoxy) is 1. The molecule has 1 aliphatic heterocycles. The number of hydrazine groups is 1. The lowest BCUT2D eigenvalue weighted by Gasteiger charge is -2.34. The second kappa shape index (κ2) is 7.45. The van der Waals surface area contributed by atoms with Crippen LogP contribution in [0, 0.1) is 0 Å². The van der Waals surface area contributed by atoms with Gasteiger partial charge in [-0.2, -0.15) is 0 Å². The zero-order valence-corrected chi connectivity index (χ0v) is 13.4. The molecule has 0 bridgehead atoms. The van der Waals surface area contributed by atoms with Crippen LogP contribution in [0.3, 0.4) is 0 Å². The van der Waals surface area contributed by atoms with Crippen molar-refractivity contribution in [3.05, 3.63) is 27.0 Å². The molecule has 1 fully saturated rings. The van der Waals surface area contributed by atoms with E-state index in [2.05, 4.69) is 10.4 Å². The van der Waals surface area contributed by atoms with Crippen LogP contribution in [0.4, 0.5) is 5.69 Å². The maximum atomic E-state index is 12.3. The Morgan fingerprint density at radius 1 is 1.42 bits per heavy atom. The molecule has 24 heavy (non-hydrogen) atoms. The van der Waals surface area contributed by atoms with Gasteiger partial charge in [0.05, 0.1) is 6.61 Å². The molecule has 1 aromatic rings. The number of H-pyrrole nitrogens is 1. The molecule has 0 saturated carbocycles. The first kappa shape index (κ1) is 18.6. The number of unbranched alkanes of at least 4 members (excludes halogenated alkanes) is 2. The highest BCUT2D eigenvalue weighted by Gasteiger charge is 2.55. The number of hydrogen-bond acceptors (Lipinski definition) is 8. The Morgan fingerprint density at radius 3 is 2.67 bits per heavy atom. The van der Waals surface area contributed by atoms with E-state index in [9.17, 15) is 24.9 Å². The minimum atomic E-state index is -1.60. The Balaban J connectivity index is 2.55. The SMILES string of the molecule is CCCCC[C@@]1(n2cc(NN)c(=O)[nH]c2=O)O[C@H](CO)[C@@H](O)[C@H]1O. The van der Waals surface area contributed by atoms with Gasteiger partial charge in [-0.15, -0.1) is 0 Å². The summed E-state index contributed by atoms with van der Waals surface area (Å²) in [5.41, 5.74) is -1.05. The van der Waals surface area contributed by atoms with Gasteiger partial charge in [0, 0.05) is 6.20 Å². The molecule has 2 heterocycles. The van der Waals surface area contributed by atoms with Gasteiger partial charge in [0.25, 0.3) is 5.56 Å². The van der Waals surface area contributed by atoms with Gasteiger partial charge >= 0.3 is 5.69 Å². The fourth-order valence-electron chi connectivity index (χ4n) is 3.03. The largest absolute Gasteiger partial charge is 0.394 e. The van der Waals surface area contributed by atoms with E-state index in [1.165, 1.54) is 0 Å². The van der Waals surface area contributed by atoms with Crippen molar-refractivity contribution in [3.8, 4) is 0 Å². The molecule has 0 unspecified atom stereocenters. The van der Waals surface area contributed by atoms with Crippen molar-refractivity contribution < 1.29 is 20.1 Å². The highest BCUT2D eigenvalue weighted by molar-refractivity contribution is 5.36. The third-order valence-corrected chi connectivity index (χ3v) is 4.35. The zero-order valence-electron chi connectivity index (χ0n) is 13.4. The van der Waals surface area contributed by atoms with Crippen molar-refractivity contribution in [1.29, 1.82) is 0 Å². The van der Waals surface area contributed by atoms with Crippen LogP contribution in [0.5, 0.6) is 0 Å². The number of nitrogen functional groups attached to an aromatic ring is 1. The van der Waals surface area contributed by atoms with Crippen molar-refractivity contribution in [2.45, 2.75) is 56.6 Å². The molecule has 10 nitrogen and oxygen atoms in total. The summed E-state index contributed by atoms with van der Waals surface area (Å²) in [6, 6.07) is 0. The zero-order chi connectivity index (χ0) is 17.9. The van der Waals surface area contributed by atoms with Gasteiger partial charge < -0.3 is 25.5 Å². The number of aliphatic hydroxyl groups is 3. The predicted molar refractivity (Wildman–Crippen MR) is 85.2 cm³/mol. The minimum Gasteiger partial charge on any atom is -0.394 e. The summed E-state index contributed by atoms with van der Waals surface area (Å²) < 4.78 is 6.71.